The highest BCUT2D eigenvalue weighted by Gasteiger charge is 2.20. The summed E-state index contributed by atoms with van der Waals surface area (Å²) in [5.74, 6) is 1.90. The lowest BCUT2D eigenvalue weighted by molar-refractivity contribution is -0.156. The molecule has 0 radical (unpaired) electrons. The Morgan fingerprint density at radius 1 is 1.09 bits per heavy atom. The van der Waals surface area contributed by atoms with Crippen LogP contribution < -0.4 is 4.74 Å². The third-order valence-electron chi connectivity index (χ3n) is 5.40. The molecule has 4 rings (SSSR count). The lowest BCUT2D eigenvalue weighted by Gasteiger charge is -2.15. The second kappa shape index (κ2) is 11.3. The minimum atomic E-state index is -0.595. The van der Waals surface area contributed by atoms with Crippen LogP contribution in [0.4, 0.5) is 0 Å². The number of thiophene rings is 1. The molecule has 2 heterocycles. The SMILES string of the molecule is CCOC(=O)[C@H](Cc1ccc(OCCc2nc(-c3cc4ccccc4s3)oc2C)cc1)OCC. The molecule has 0 unspecified atom stereocenters. The topological polar surface area (TPSA) is 70.8 Å². The first-order valence-corrected chi connectivity index (χ1v) is 12.3. The number of rotatable bonds is 11. The summed E-state index contributed by atoms with van der Waals surface area (Å²) in [6.07, 6.45) is 0.519. The summed E-state index contributed by atoms with van der Waals surface area (Å²) < 4.78 is 23.7. The van der Waals surface area contributed by atoms with Crippen LogP contribution in [0.3, 0.4) is 0 Å². The molecule has 0 bridgehead atoms. The third kappa shape index (κ3) is 5.85. The number of oxazole rings is 1. The molecule has 6 nitrogen and oxygen atoms in total. The molecule has 7 heteroatoms. The highest BCUT2D eigenvalue weighted by atomic mass is 32.1. The van der Waals surface area contributed by atoms with Gasteiger partial charge in [0.25, 0.3) is 0 Å². The van der Waals surface area contributed by atoms with Crippen LogP contribution in [0.15, 0.2) is 59.0 Å². The van der Waals surface area contributed by atoms with Gasteiger partial charge in [0.2, 0.25) is 5.89 Å². The van der Waals surface area contributed by atoms with E-state index in [2.05, 4.69) is 18.2 Å². The van der Waals surface area contributed by atoms with Gasteiger partial charge < -0.3 is 18.6 Å². The molecule has 0 amide bonds. The van der Waals surface area contributed by atoms with Crippen LogP contribution in [0.2, 0.25) is 0 Å². The molecule has 2 aromatic carbocycles. The lowest BCUT2D eigenvalue weighted by atomic mass is 10.1. The Hall–Kier alpha value is -3.16. The Kier molecular flexibility index (Phi) is 7.98. The van der Waals surface area contributed by atoms with Crippen molar-refractivity contribution < 1.29 is 23.4 Å². The normalized spacial score (nSPS) is 12.1. The molecule has 1 atom stereocenters. The second-order valence-corrected chi connectivity index (χ2v) is 8.90. The smallest absolute Gasteiger partial charge is 0.335 e. The van der Waals surface area contributed by atoms with Crippen LogP contribution in [0, 0.1) is 6.92 Å². The maximum Gasteiger partial charge on any atom is 0.335 e. The Bertz CT molecular complexity index is 1190. The van der Waals surface area contributed by atoms with Gasteiger partial charge >= 0.3 is 5.97 Å². The van der Waals surface area contributed by atoms with Crippen LogP contribution in [-0.2, 0) is 27.1 Å². The van der Waals surface area contributed by atoms with Gasteiger partial charge in [-0.05, 0) is 56.0 Å². The highest BCUT2D eigenvalue weighted by molar-refractivity contribution is 7.22. The van der Waals surface area contributed by atoms with E-state index in [-0.39, 0.29) is 5.97 Å². The predicted octanol–water partition coefficient (Wildman–Crippen LogP) is 6.00. The number of hydrogen-bond acceptors (Lipinski definition) is 7. The van der Waals surface area contributed by atoms with Crippen molar-refractivity contribution in [2.45, 2.75) is 39.7 Å². The van der Waals surface area contributed by atoms with E-state index in [1.54, 1.807) is 18.3 Å². The van der Waals surface area contributed by atoms with Crippen LogP contribution >= 0.6 is 11.3 Å². The summed E-state index contributed by atoms with van der Waals surface area (Å²) >= 11 is 1.68. The molecule has 0 aliphatic carbocycles. The van der Waals surface area contributed by atoms with Crippen molar-refractivity contribution >= 4 is 27.4 Å². The minimum Gasteiger partial charge on any atom is -0.493 e. The molecule has 0 saturated heterocycles. The standard InChI is InChI=1S/C27H29NO5S/c1-4-30-23(27(29)31-5-2)16-19-10-12-21(13-11-19)32-15-14-22-18(3)33-26(28-22)25-17-20-8-6-7-9-24(20)34-25/h6-13,17,23H,4-5,14-16H2,1-3H3/t23-/m0/s1. The van der Waals surface area contributed by atoms with Gasteiger partial charge in [0.05, 0.1) is 23.8 Å². The van der Waals surface area contributed by atoms with Gasteiger partial charge in [0.1, 0.15) is 11.5 Å². The Morgan fingerprint density at radius 2 is 1.88 bits per heavy atom. The number of ether oxygens (including phenoxy) is 3. The molecule has 0 spiro atoms. The summed E-state index contributed by atoms with van der Waals surface area (Å²) in [4.78, 5) is 17.8. The Balaban J connectivity index is 1.32. The van der Waals surface area contributed by atoms with Crippen molar-refractivity contribution in [3.8, 4) is 16.5 Å². The summed E-state index contributed by atoms with van der Waals surface area (Å²) in [5.41, 5.74) is 1.89. The number of aromatic nitrogens is 1. The summed E-state index contributed by atoms with van der Waals surface area (Å²) in [6, 6.07) is 18.1. The fraction of sp³-hybridized carbons (Fsp3) is 0.333. The number of carbonyl (C=O) groups excluding carboxylic acids is 1. The maximum absolute atomic E-state index is 12.1. The first-order valence-electron chi connectivity index (χ1n) is 11.5. The van der Waals surface area contributed by atoms with Crippen LogP contribution in [0.25, 0.3) is 20.9 Å². The average molecular weight is 480 g/mol. The third-order valence-corrected chi connectivity index (χ3v) is 6.50. The van der Waals surface area contributed by atoms with Gasteiger partial charge in [-0.15, -0.1) is 11.3 Å². The number of carbonyl (C=O) groups is 1. The van der Waals surface area contributed by atoms with E-state index in [9.17, 15) is 4.79 Å². The van der Waals surface area contributed by atoms with Gasteiger partial charge in [0, 0.05) is 24.1 Å². The number of esters is 1. The molecule has 0 saturated carbocycles. The zero-order valence-electron chi connectivity index (χ0n) is 19.7. The van der Waals surface area contributed by atoms with E-state index >= 15 is 0 Å². The molecule has 0 N–H and O–H groups in total. The Morgan fingerprint density at radius 3 is 2.62 bits per heavy atom. The molecule has 0 fully saturated rings. The van der Waals surface area contributed by atoms with E-state index in [1.807, 2.05) is 50.2 Å². The number of aryl methyl sites for hydroxylation is 1. The summed E-state index contributed by atoms with van der Waals surface area (Å²) in [5, 5.41) is 1.20. The predicted molar refractivity (Wildman–Crippen MR) is 133 cm³/mol. The molecule has 4 aromatic rings. The first-order chi connectivity index (χ1) is 16.6. The van der Waals surface area contributed by atoms with Crippen molar-refractivity contribution in [2.75, 3.05) is 19.8 Å². The van der Waals surface area contributed by atoms with Gasteiger partial charge in [-0.2, -0.15) is 0 Å². The van der Waals surface area contributed by atoms with Crippen molar-refractivity contribution in [1.29, 1.82) is 0 Å². The fourth-order valence-electron chi connectivity index (χ4n) is 3.70. The van der Waals surface area contributed by atoms with E-state index in [4.69, 9.17) is 23.6 Å². The van der Waals surface area contributed by atoms with Crippen LogP contribution in [-0.4, -0.2) is 36.9 Å². The molecular weight excluding hydrogens is 450 g/mol. The second-order valence-electron chi connectivity index (χ2n) is 7.81. The average Bonchev–Trinajstić information content (AvgIpc) is 3.43. The van der Waals surface area contributed by atoms with Crippen molar-refractivity contribution in [3.05, 3.63) is 71.6 Å². The number of hydrogen-bond donors (Lipinski definition) is 0. The Labute approximate surface area is 203 Å². The first kappa shape index (κ1) is 24.0. The fourth-order valence-corrected chi connectivity index (χ4v) is 4.69. The quantitative estimate of drug-likeness (QED) is 0.246. The number of fused-ring (bicyclic) bond motifs is 1. The van der Waals surface area contributed by atoms with Crippen molar-refractivity contribution in [3.63, 3.8) is 0 Å². The molecular formula is C27H29NO5S. The molecule has 2 aromatic heterocycles. The van der Waals surface area contributed by atoms with Crippen molar-refractivity contribution in [2.24, 2.45) is 0 Å². The molecule has 34 heavy (non-hydrogen) atoms. The van der Waals surface area contributed by atoms with E-state index in [0.29, 0.717) is 38.6 Å². The largest absolute Gasteiger partial charge is 0.493 e. The molecule has 0 aliphatic heterocycles. The van der Waals surface area contributed by atoms with Crippen molar-refractivity contribution in [1.82, 2.24) is 4.98 Å². The van der Waals surface area contributed by atoms with Gasteiger partial charge in [0.15, 0.2) is 6.10 Å². The van der Waals surface area contributed by atoms with Crippen LogP contribution in [0.1, 0.15) is 30.9 Å². The zero-order valence-corrected chi connectivity index (χ0v) is 20.5. The number of nitrogens with zero attached hydrogens (tertiary/aromatic N) is 1. The maximum atomic E-state index is 12.1. The number of benzene rings is 2. The van der Waals surface area contributed by atoms with Gasteiger partial charge in [-0.3, -0.25) is 0 Å². The van der Waals surface area contributed by atoms with Gasteiger partial charge in [-0.1, -0.05) is 30.3 Å². The van der Waals surface area contributed by atoms with E-state index in [0.717, 1.165) is 27.6 Å². The summed E-state index contributed by atoms with van der Waals surface area (Å²) in [6.45, 7) is 6.88. The van der Waals surface area contributed by atoms with E-state index < -0.39 is 6.10 Å². The zero-order chi connectivity index (χ0) is 23.9. The van der Waals surface area contributed by atoms with Gasteiger partial charge in [-0.25, -0.2) is 9.78 Å². The minimum absolute atomic E-state index is 0.331. The lowest BCUT2D eigenvalue weighted by Crippen LogP contribution is -2.28. The highest BCUT2D eigenvalue weighted by Crippen LogP contribution is 2.33. The summed E-state index contributed by atoms with van der Waals surface area (Å²) in [7, 11) is 0. The molecule has 178 valence electrons. The monoisotopic (exact) mass is 479 g/mol. The van der Waals surface area contributed by atoms with E-state index in [1.165, 1.54) is 10.1 Å². The molecule has 0 aliphatic rings. The van der Waals surface area contributed by atoms with Crippen LogP contribution in [0.5, 0.6) is 5.75 Å².